The highest BCUT2D eigenvalue weighted by Gasteiger charge is 2.27. The maximum Gasteiger partial charge on any atom is 0.293 e. The van der Waals surface area contributed by atoms with Gasteiger partial charge in [0.05, 0.1) is 22.6 Å². The summed E-state index contributed by atoms with van der Waals surface area (Å²) in [6, 6.07) is 11.0. The van der Waals surface area contributed by atoms with Crippen molar-refractivity contribution in [1.29, 1.82) is 0 Å². The van der Waals surface area contributed by atoms with E-state index in [1.54, 1.807) is 31.3 Å². The number of aryl methyl sites for hydroxylation is 2. The molecule has 1 aliphatic heterocycles. The van der Waals surface area contributed by atoms with E-state index < -0.39 is 14.9 Å². The third kappa shape index (κ3) is 5.27. The van der Waals surface area contributed by atoms with Crippen LogP contribution in [0.25, 0.3) is 0 Å². The number of nitro groups is 1. The number of hydrogen-bond acceptors (Lipinski definition) is 9. The first kappa shape index (κ1) is 24.2. The largest absolute Gasteiger partial charge is 0.481 e. The monoisotopic (exact) mass is 498 g/mol. The summed E-state index contributed by atoms with van der Waals surface area (Å²) in [5.74, 6) is 0.983. The molecule has 0 aliphatic carbocycles. The maximum atomic E-state index is 13.0. The summed E-state index contributed by atoms with van der Waals surface area (Å²) >= 11 is 0. The second-order valence-electron chi connectivity index (χ2n) is 8.20. The van der Waals surface area contributed by atoms with Gasteiger partial charge in [-0.05, 0) is 37.6 Å². The summed E-state index contributed by atoms with van der Waals surface area (Å²) in [5.41, 5.74) is 2.30. The molecule has 2 aromatic carbocycles. The van der Waals surface area contributed by atoms with Crippen LogP contribution in [0.4, 0.5) is 23.0 Å². The van der Waals surface area contributed by atoms with Gasteiger partial charge < -0.3 is 14.5 Å². The molecule has 0 atom stereocenters. The normalized spacial score (nSPS) is 14.0. The molecule has 184 valence electrons. The third-order valence-electron chi connectivity index (χ3n) is 5.81. The molecular formula is C23H26N6O5S. The highest BCUT2D eigenvalue weighted by molar-refractivity contribution is 7.92. The van der Waals surface area contributed by atoms with Crippen LogP contribution in [0, 0.1) is 24.0 Å². The Morgan fingerprint density at radius 1 is 1.03 bits per heavy atom. The van der Waals surface area contributed by atoms with Crippen LogP contribution in [0.2, 0.25) is 0 Å². The molecule has 1 fully saturated rings. The van der Waals surface area contributed by atoms with Crippen molar-refractivity contribution in [2.24, 2.45) is 0 Å². The number of nitro benzene ring substituents is 1. The van der Waals surface area contributed by atoms with Crippen molar-refractivity contribution in [2.75, 3.05) is 47.8 Å². The first-order chi connectivity index (χ1) is 16.7. The van der Waals surface area contributed by atoms with Gasteiger partial charge in [-0.1, -0.05) is 17.7 Å². The molecule has 0 unspecified atom stereocenters. The second-order valence-corrected chi connectivity index (χ2v) is 9.89. The number of nitrogens with zero attached hydrogens (tertiary/aromatic N) is 5. The summed E-state index contributed by atoms with van der Waals surface area (Å²) in [4.78, 5) is 23.6. The molecule has 0 saturated carbocycles. The van der Waals surface area contributed by atoms with E-state index in [1.165, 1.54) is 19.2 Å². The van der Waals surface area contributed by atoms with E-state index in [0.717, 1.165) is 17.2 Å². The first-order valence-electron chi connectivity index (χ1n) is 10.9. The van der Waals surface area contributed by atoms with E-state index in [0.29, 0.717) is 49.4 Å². The molecule has 0 radical (unpaired) electrons. The Morgan fingerprint density at radius 2 is 1.74 bits per heavy atom. The van der Waals surface area contributed by atoms with Gasteiger partial charge in [0.15, 0.2) is 0 Å². The van der Waals surface area contributed by atoms with Gasteiger partial charge in [-0.15, -0.1) is 0 Å². The third-order valence-corrected chi connectivity index (χ3v) is 7.17. The van der Waals surface area contributed by atoms with E-state index in [-0.39, 0.29) is 10.6 Å². The van der Waals surface area contributed by atoms with E-state index in [9.17, 15) is 18.5 Å². The molecule has 11 nitrogen and oxygen atoms in total. The van der Waals surface area contributed by atoms with Crippen LogP contribution in [-0.4, -0.2) is 56.6 Å². The molecule has 35 heavy (non-hydrogen) atoms. The van der Waals surface area contributed by atoms with Gasteiger partial charge in [-0.3, -0.25) is 14.8 Å². The second kappa shape index (κ2) is 9.74. The summed E-state index contributed by atoms with van der Waals surface area (Å²) in [5, 5.41) is 11.9. The molecule has 2 heterocycles. The average molecular weight is 499 g/mol. The Bertz CT molecular complexity index is 1360. The number of hydrogen-bond donors (Lipinski definition) is 1. The minimum Gasteiger partial charge on any atom is -0.481 e. The van der Waals surface area contributed by atoms with Crippen molar-refractivity contribution in [3.8, 4) is 5.88 Å². The Labute approximate surface area is 203 Å². The van der Waals surface area contributed by atoms with Crippen molar-refractivity contribution in [3.63, 3.8) is 0 Å². The van der Waals surface area contributed by atoms with Crippen molar-refractivity contribution >= 4 is 33.0 Å². The zero-order valence-corrected chi connectivity index (χ0v) is 20.4. The predicted octanol–water partition coefficient (Wildman–Crippen LogP) is 3.14. The smallest absolute Gasteiger partial charge is 0.293 e. The Kier molecular flexibility index (Phi) is 6.74. The number of methoxy groups -OCH3 is 1. The maximum absolute atomic E-state index is 13.0. The van der Waals surface area contributed by atoms with Crippen molar-refractivity contribution in [3.05, 3.63) is 69.9 Å². The lowest BCUT2D eigenvalue weighted by molar-refractivity contribution is -0.384. The lowest BCUT2D eigenvalue weighted by Gasteiger charge is -2.35. The molecule has 0 spiro atoms. The number of nitrogens with one attached hydrogen (secondary N) is 1. The molecular weight excluding hydrogens is 472 g/mol. The quantitative estimate of drug-likeness (QED) is 0.385. The molecule has 0 bridgehead atoms. The lowest BCUT2D eigenvalue weighted by atomic mass is 10.1. The van der Waals surface area contributed by atoms with E-state index in [2.05, 4.69) is 14.7 Å². The summed E-state index contributed by atoms with van der Waals surface area (Å²) in [6.07, 6.45) is 1.61. The van der Waals surface area contributed by atoms with Crippen LogP contribution in [0.5, 0.6) is 5.88 Å². The fourth-order valence-corrected chi connectivity index (χ4v) is 5.11. The lowest BCUT2D eigenvalue weighted by Crippen LogP contribution is -2.47. The number of anilines is 3. The average Bonchev–Trinajstić information content (AvgIpc) is 2.85. The van der Waals surface area contributed by atoms with E-state index in [4.69, 9.17) is 4.74 Å². The number of rotatable bonds is 7. The molecule has 12 heteroatoms. The summed E-state index contributed by atoms with van der Waals surface area (Å²) in [6.45, 7) is 5.75. The highest BCUT2D eigenvalue weighted by atomic mass is 32.2. The van der Waals surface area contributed by atoms with Crippen molar-refractivity contribution in [2.45, 2.75) is 18.7 Å². The Morgan fingerprint density at radius 3 is 2.40 bits per heavy atom. The van der Waals surface area contributed by atoms with E-state index >= 15 is 0 Å². The molecule has 1 aromatic heterocycles. The van der Waals surface area contributed by atoms with Crippen molar-refractivity contribution < 1.29 is 18.1 Å². The van der Waals surface area contributed by atoms with Gasteiger partial charge in [-0.25, -0.2) is 13.4 Å². The van der Waals surface area contributed by atoms with Crippen LogP contribution in [-0.2, 0) is 10.0 Å². The number of benzene rings is 2. The minimum atomic E-state index is -4.01. The van der Waals surface area contributed by atoms with Crippen LogP contribution >= 0.6 is 0 Å². The van der Waals surface area contributed by atoms with Gasteiger partial charge in [0.25, 0.3) is 15.7 Å². The van der Waals surface area contributed by atoms with Gasteiger partial charge in [0.2, 0.25) is 11.8 Å². The zero-order valence-electron chi connectivity index (χ0n) is 19.6. The van der Waals surface area contributed by atoms with Crippen molar-refractivity contribution in [1.82, 2.24) is 9.97 Å². The van der Waals surface area contributed by atoms with Gasteiger partial charge >= 0.3 is 0 Å². The topological polar surface area (TPSA) is 131 Å². The van der Waals surface area contributed by atoms with Gasteiger partial charge in [-0.2, -0.15) is 4.98 Å². The van der Waals surface area contributed by atoms with Crippen LogP contribution in [0.1, 0.15) is 11.1 Å². The van der Waals surface area contributed by atoms with Gasteiger partial charge in [0.1, 0.15) is 5.69 Å². The van der Waals surface area contributed by atoms with Gasteiger partial charge in [0, 0.05) is 44.5 Å². The SMILES string of the molecule is COc1ccnc(N2CCN(c3ccc(S(=O)(=O)Nc4ccc(C)cc4C)cc3[N+](=O)[O-])CC2)n1. The van der Waals surface area contributed by atoms with Crippen LogP contribution in [0.3, 0.4) is 0 Å². The fourth-order valence-electron chi connectivity index (χ4n) is 3.96. The number of ether oxygens (including phenoxy) is 1. The zero-order chi connectivity index (χ0) is 25.2. The standard InChI is InChI=1S/C23H26N6O5S/c1-16-4-6-19(17(2)14-16)26-35(32,33)18-5-7-20(21(15-18)29(30)31)27-10-12-28(13-11-27)23-24-9-8-22(25-23)34-3/h4-9,14-15,26H,10-13H2,1-3H3. The van der Waals surface area contributed by atoms with E-state index in [1.807, 2.05) is 22.8 Å². The van der Waals surface area contributed by atoms with Crippen LogP contribution < -0.4 is 19.3 Å². The Balaban J connectivity index is 1.54. The molecule has 3 aromatic rings. The molecule has 1 aliphatic rings. The Hall–Kier alpha value is -3.93. The number of sulfonamides is 1. The predicted molar refractivity (Wildman–Crippen MR) is 133 cm³/mol. The molecule has 1 N–H and O–H groups in total. The summed E-state index contributed by atoms with van der Waals surface area (Å²) in [7, 11) is -2.48. The number of aromatic nitrogens is 2. The fraction of sp³-hybridized carbons (Fsp3) is 0.304. The molecule has 0 amide bonds. The highest BCUT2D eigenvalue weighted by Crippen LogP contribution is 2.33. The molecule has 4 rings (SSSR count). The first-order valence-corrected chi connectivity index (χ1v) is 12.4. The minimum absolute atomic E-state index is 0.170. The molecule has 1 saturated heterocycles. The number of piperazine rings is 1. The summed E-state index contributed by atoms with van der Waals surface area (Å²) < 4.78 is 33.6. The van der Waals surface area contributed by atoms with Crippen LogP contribution in [0.15, 0.2) is 53.6 Å².